The summed E-state index contributed by atoms with van der Waals surface area (Å²) in [5.41, 5.74) is 1.08. The van der Waals surface area contributed by atoms with Crippen LogP contribution in [0.3, 0.4) is 0 Å². The van der Waals surface area contributed by atoms with Crippen molar-refractivity contribution in [2.24, 2.45) is 5.92 Å². The Hall–Kier alpha value is -0.690. The van der Waals surface area contributed by atoms with Gasteiger partial charge in [-0.05, 0) is 53.1 Å². The molecular weight excluding hydrogens is 372 g/mol. The third-order valence-corrected chi connectivity index (χ3v) is 5.43. The Bertz CT molecular complexity index is 507. The first-order chi connectivity index (χ1) is 9.63. The first-order valence-electron chi connectivity index (χ1n) is 6.93. The molecule has 3 rings (SSSR count). The fraction of sp³-hybridized carbons (Fsp3) is 0.533. The molecule has 1 aromatic carbocycles. The number of aliphatic carboxylic acids is 1. The summed E-state index contributed by atoms with van der Waals surface area (Å²) >= 11 is 2.24. The highest BCUT2D eigenvalue weighted by molar-refractivity contribution is 14.1. The van der Waals surface area contributed by atoms with Crippen LogP contribution in [0.4, 0.5) is 4.39 Å². The van der Waals surface area contributed by atoms with Gasteiger partial charge in [0.05, 0.1) is 5.92 Å². The average molecular weight is 389 g/mol. The van der Waals surface area contributed by atoms with Crippen LogP contribution in [0.25, 0.3) is 0 Å². The summed E-state index contributed by atoms with van der Waals surface area (Å²) in [6.07, 6.45) is 1.85. The highest BCUT2D eigenvalue weighted by Crippen LogP contribution is 2.50. The van der Waals surface area contributed by atoms with E-state index in [-0.39, 0.29) is 18.0 Å². The highest BCUT2D eigenvalue weighted by atomic mass is 127. The normalized spacial score (nSPS) is 32.7. The van der Waals surface area contributed by atoms with Crippen LogP contribution in [0.1, 0.15) is 24.3 Å². The number of alkyl halides is 1. The Morgan fingerprint density at radius 1 is 1.30 bits per heavy atom. The minimum absolute atomic E-state index is 0.00229. The van der Waals surface area contributed by atoms with Gasteiger partial charge in [0.1, 0.15) is 6.67 Å². The lowest BCUT2D eigenvalue weighted by molar-refractivity contribution is -0.143. The minimum atomic E-state index is -0.746. The lowest BCUT2D eigenvalue weighted by Crippen LogP contribution is -2.34. The molecule has 1 aromatic rings. The third kappa shape index (κ3) is 2.24. The predicted octanol–water partition coefficient (Wildman–Crippen LogP) is 2.89. The van der Waals surface area contributed by atoms with Gasteiger partial charge in [-0.2, -0.15) is 0 Å². The fourth-order valence-electron chi connectivity index (χ4n) is 4.03. The zero-order valence-electron chi connectivity index (χ0n) is 11.0. The van der Waals surface area contributed by atoms with Crippen LogP contribution in [0, 0.1) is 9.49 Å². The SMILES string of the molecule is O=C(O)[C@H]1[C@@H](c2ccc(I)cc2)[C@@H]2CC[C@H]1N2CCF. The van der Waals surface area contributed by atoms with Crippen LogP contribution in [0.15, 0.2) is 24.3 Å². The monoisotopic (exact) mass is 389 g/mol. The van der Waals surface area contributed by atoms with E-state index in [2.05, 4.69) is 27.5 Å². The molecule has 0 saturated carbocycles. The molecule has 0 amide bonds. The van der Waals surface area contributed by atoms with Crippen molar-refractivity contribution >= 4 is 28.6 Å². The largest absolute Gasteiger partial charge is 0.481 e. The molecule has 5 heteroatoms. The molecule has 2 fully saturated rings. The summed E-state index contributed by atoms with van der Waals surface area (Å²) in [6, 6.07) is 8.25. The lowest BCUT2D eigenvalue weighted by atomic mass is 9.75. The minimum Gasteiger partial charge on any atom is -0.481 e. The van der Waals surface area contributed by atoms with E-state index >= 15 is 0 Å². The number of hydrogen-bond donors (Lipinski definition) is 1. The number of fused-ring (bicyclic) bond motifs is 2. The van der Waals surface area contributed by atoms with E-state index < -0.39 is 18.6 Å². The van der Waals surface area contributed by atoms with E-state index in [9.17, 15) is 14.3 Å². The van der Waals surface area contributed by atoms with E-state index in [1.165, 1.54) is 0 Å². The third-order valence-electron chi connectivity index (χ3n) is 4.71. The molecule has 0 aliphatic carbocycles. The van der Waals surface area contributed by atoms with Crippen molar-refractivity contribution in [2.75, 3.05) is 13.2 Å². The van der Waals surface area contributed by atoms with Crippen LogP contribution in [-0.2, 0) is 4.79 Å². The first kappa shape index (κ1) is 14.3. The summed E-state index contributed by atoms with van der Waals surface area (Å²) in [6.45, 7) is -0.0429. The average Bonchev–Trinajstić information content (AvgIpc) is 2.95. The summed E-state index contributed by atoms with van der Waals surface area (Å²) in [5, 5.41) is 9.59. The van der Waals surface area contributed by atoms with Crippen molar-refractivity contribution in [1.82, 2.24) is 4.90 Å². The Labute approximate surface area is 131 Å². The van der Waals surface area contributed by atoms with E-state index in [4.69, 9.17) is 0 Å². The van der Waals surface area contributed by atoms with E-state index in [1.54, 1.807) is 0 Å². The van der Waals surface area contributed by atoms with Crippen molar-refractivity contribution in [1.29, 1.82) is 0 Å². The van der Waals surface area contributed by atoms with Crippen LogP contribution in [0.2, 0.25) is 0 Å². The van der Waals surface area contributed by atoms with Gasteiger partial charge in [0.15, 0.2) is 0 Å². The second kappa shape index (κ2) is 5.60. The fourth-order valence-corrected chi connectivity index (χ4v) is 4.39. The smallest absolute Gasteiger partial charge is 0.308 e. The first-order valence-corrected chi connectivity index (χ1v) is 8.01. The maximum atomic E-state index is 12.7. The van der Waals surface area contributed by atoms with Crippen molar-refractivity contribution in [3.05, 3.63) is 33.4 Å². The van der Waals surface area contributed by atoms with Crippen LogP contribution in [-0.4, -0.2) is 41.3 Å². The van der Waals surface area contributed by atoms with Gasteiger partial charge in [0.2, 0.25) is 0 Å². The van der Waals surface area contributed by atoms with Crippen molar-refractivity contribution in [3.8, 4) is 0 Å². The Morgan fingerprint density at radius 2 is 1.95 bits per heavy atom. The second-order valence-corrected chi connectivity index (χ2v) is 6.83. The zero-order chi connectivity index (χ0) is 14.3. The summed E-state index contributed by atoms with van der Waals surface area (Å²) in [4.78, 5) is 13.8. The molecule has 2 bridgehead atoms. The molecule has 2 saturated heterocycles. The molecular formula is C15H17FINO2. The van der Waals surface area contributed by atoms with Crippen molar-refractivity contribution < 1.29 is 14.3 Å². The Kier molecular flexibility index (Phi) is 3.99. The topological polar surface area (TPSA) is 40.5 Å². The number of carboxylic acids is 1. The van der Waals surface area contributed by atoms with Crippen LogP contribution in [0.5, 0.6) is 0 Å². The molecule has 1 N–H and O–H groups in total. The van der Waals surface area contributed by atoms with Gasteiger partial charge in [0, 0.05) is 28.1 Å². The maximum absolute atomic E-state index is 12.7. The predicted molar refractivity (Wildman–Crippen MR) is 82.5 cm³/mol. The molecule has 108 valence electrons. The van der Waals surface area contributed by atoms with Crippen molar-refractivity contribution in [2.45, 2.75) is 30.8 Å². The van der Waals surface area contributed by atoms with Gasteiger partial charge in [-0.15, -0.1) is 0 Å². The maximum Gasteiger partial charge on any atom is 0.308 e. The van der Waals surface area contributed by atoms with E-state index in [0.29, 0.717) is 6.54 Å². The molecule has 0 spiro atoms. The number of nitrogens with zero attached hydrogens (tertiary/aromatic N) is 1. The second-order valence-electron chi connectivity index (χ2n) is 5.58. The molecule has 2 aliphatic rings. The lowest BCUT2D eigenvalue weighted by Gasteiger charge is -2.26. The summed E-state index contributed by atoms with van der Waals surface area (Å²) in [5.74, 6) is -1.15. The molecule has 4 atom stereocenters. The van der Waals surface area contributed by atoms with Crippen LogP contribution < -0.4 is 0 Å². The highest BCUT2D eigenvalue weighted by Gasteiger charge is 2.56. The molecule has 0 aromatic heterocycles. The molecule has 3 nitrogen and oxygen atoms in total. The molecule has 0 radical (unpaired) electrons. The number of hydrogen-bond acceptors (Lipinski definition) is 2. The van der Waals surface area contributed by atoms with Gasteiger partial charge in [-0.25, -0.2) is 4.39 Å². The molecule has 2 aliphatic heterocycles. The summed E-state index contributed by atoms with van der Waals surface area (Å²) < 4.78 is 13.9. The number of rotatable bonds is 4. The van der Waals surface area contributed by atoms with E-state index in [1.807, 2.05) is 24.3 Å². The number of carbonyl (C=O) groups is 1. The quantitative estimate of drug-likeness (QED) is 0.806. The van der Waals surface area contributed by atoms with E-state index in [0.717, 1.165) is 22.0 Å². The molecule has 2 heterocycles. The van der Waals surface area contributed by atoms with Gasteiger partial charge in [-0.1, -0.05) is 12.1 Å². The van der Waals surface area contributed by atoms with Gasteiger partial charge < -0.3 is 5.11 Å². The molecule has 20 heavy (non-hydrogen) atoms. The number of halogens is 2. The Balaban J connectivity index is 1.95. The summed E-state index contributed by atoms with van der Waals surface area (Å²) in [7, 11) is 0. The number of benzene rings is 1. The zero-order valence-corrected chi connectivity index (χ0v) is 13.2. The van der Waals surface area contributed by atoms with Crippen LogP contribution >= 0.6 is 22.6 Å². The van der Waals surface area contributed by atoms with Gasteiger partial charge >= 0.3 is 5.97 Å². The van der Waals surface area contributed by atoms with Gasteiger partial charge in [-0.3, -0.25) is 9.69 Å². The van der Waals surface area contributed by atoms with Crippen molar-refractivity contribution in [3.63, 3.8) is 0 Å². The Morgan fingerprint density at radius 3 is 2.55 bits per heavy atom. The standard InChI is InChI=1S/C15H17FINO2/c16-7-8-18-11-5-6-12(18)14(15(19)20)13(11)9-1-3-10(17)4-2-9/h1-4,11-14H,5-8H2,(H,19,20)/t11-,12+,13-,14+/m0/s1. The number of carboxylic acid groups (broad SMARTS) is 1. The van der Waals surface area contributed by atoms with Gasteiger partial charge in [0.25, 0.3) is 0 Å². The molecule has 0 unspecified atom stereocenters.